The molecule has 27 heavy (non-hydrogen) atoms. The maximum atomic E-state index is 12.6. The van der Waals surface area contributed by atoms with Crippen LogP contribution in [0.4, 0.5) is 0 Å². The zero-order valence-corrected chi connectivity index (χ0v) is 16.2. The molecule has 1 fully saturated rings. The molecule has 2 aromatic rings. The highest BCUT2D eigenvalue weighted by molar-refractivity contribution is 7.88. The number of sulfonamides is 1. The molecule has 0 spiro atoms. The van der Waals surface area contributed by atoms with Gasteiger partial charge in [-0.2, -0.15) is 4.31 Å². The molecule has 0 atom stereocenters. The third-order valence-electron chi connectivity index (χ3n) is 4.60. The van der Waals surface area contributed by atoms with Gasteiger partial charge in [-0.05, 0) is 24.1 Å². The maximum Gasteiger partial charge on any atom is 0.246 e. The second-order valence-corrected chi connectivity index (χ2v) is 8.68. The standard InChI is InChI=1S/C21H24N2O3S/c1-18-6-5-9-19(16-18)10-11-21(24)22-12-14-23(15-13-22)27(25,26)17-20-7-3-2-4-8-20/h2-11,16H,12-15,17H2,1H3. The summed E-state index contributed by atoms with van der Waals surface area (Å²) >= 11 is 0. The van der Waals surface area contributed by atoms with Crippen molar-refractivity contribution in [3.8, 4) is 0 Å². The van der Waals surface area contributed by atoms with Gasteiger partial charge in [-0.15, -0.1) is 0 Å². The van der Waals surface area contributed by atoms with Crippen molar-refractivity contribution in [1.29, 1.82) is 0 Å². The highest BCUT2D eigenvalue weighted by Gasteiger charge is 2.28. The van der Waals surface area contributed by atoms with Crippen LogP contribution in [0.25, 0.3) is 6.08 Å². The van der Waals surface area contributed by atoms with Gasteiger partial charge in [0.2, 0.25) is 15.9 Å². The Morgan fingerprint density at radius 1 is 1.00 bits per heavy atom. The molecule has 1 saturated heterocycles. The molecule has 5 nitrogen and oxygen atoms in total. The zero-order valence-electron chi connectivity index (χ0n) is 15.4. The molecule has 1 heterocycles. The van der Waals surface area contributed by atoms with Crippen molar-refractivity contribution >= 4 is 22.0 Å². The van der Waals surface area contributed by atoms with E-state index in [1.165, 1.54) is 4.31 Å². The number of carbonyl (C=O) groups is 1. The van der Waals surface area contributed by atoms with Crippen LogP contribution in [0.2, 0.25) is 0 Å². The van der Waals surface area contributed by atoms with Gasteiger partial charge >= 0.3 is 0 Å². The minimum Gasteiger partial charge on any atom is -0.337 e. The Hall–Kier alpha value is -2.44. The Bertz CT molecular complexity index is 915. The van der Waals surface area contributed by atoms with Crippen LogP contribution in [0.5, 0.6) is 0 Å². The molecule has 142 valence electrons. The second kappa shape index (κ2) is 8.50. The Labute approximate surface area is 161 Å². The molecule has 0 aliphatic carbocycles. The van der Waals surface area contributed by atoms with Crippen LogP contribution < -0.4 is 0 Å². The van der Waals surface area contributed by atoms with Crippen molar-refractivity contribution in [2.75, 3.05) is 26.2 Å². The van der Waals surface area contributed by atoms with E-state index in [1.807, 2.05) is 61.5 Å². The average Bonchev–Trinajstić information content (AvgIpc) is 2.67. The molecule has 0 bridgehead atoms. The summed E-state index contributed by atoms with van der Waals surface area (Å²) in [6, 6.07) is 17.1. The van der Waals surface area contributed by atoms with Gasteiger partial charge in [0.1, 0.15) is 0 Å². The summed E-state index contributed by atoms with van der Waals surface area (Å²) in [5.41, 5.74) is 2.89. The van der Waals surface area contributed by atoms with Crippen molar-refractivity contribution in [3.05, 3.63) is 77.4 Å². The molecular weight excluding hydrogens is 360 g/mol. The van der Waals surface area contributed by atoms with Crippen LogP contribution in [0.1, 0.15) is 16.7 Å². The van der Waals surface area contributed by atoms with Crippen LogP contribution >= 0.6 is 0 Å². The first-order valence-electron chi connectivity index (χ1n) is 8.99. The minimum absolute atomic E-state index is 0.00491. The third kappa shape index (κ3) is 5.28. The summed E-state index contributed by atoms with van der Waals surface area (Å²) in [4.78, 5) is 14.1. The number of nitrogens with zero attached hydrogens (tertiary/aromatic N) is 2. The lowest BCUT2D eigenvalue weighted by Crippen LogP contribution is -2.50. The van der Waals surface area contributed by atoms with E-state index in [9.17, 15) is 13.2 Å². The lowest BCUT2D eigenvalue weighted by molar-refractivity contribution is -0.127. The molecule has 3 rings (SSSR count). The molecule has 2 aromatic carbocycles. The first-order valence-corrected chi connectivity index (χ1v) is 10.6. The molecule has 1 aliphatic heterocycles. The van der Waals surface area contributed by atoms with Crippen molar-refractivity contribution in [2.45, 2.75) is 12.7 Å². The summed E-state index contributed by atoms with van der Waals surface area (Å²) in [6.45, 7) is 3.49. The molecule has 1 aliphatic rings. The summed E-state index contributed by atoms with van der Waals surface area (Å²) < 4.78 is 26.6. The minimum atomic E-state index is -3.37. The number of piperazine rings is 1. The number of hydrogen-bond acceptors (Lipinski definition) is 3. The molecule has 1 amide bonds. The Balaban J connectivity index is 1.55. The Morgan fingerprint density at radius 3 is 2.37 bits per heavy atom. The van der Waals surface area contributed by atoms with Crippen molar-refractivity contribution in [2.24, 2.45) is 0 Å². The molecule has 0 saturated carbocycles. The van der Waals surface area contributed by atoms with Gasteiger partial charge in [0.15, 0.2) is 0 Å². The summed E-state index contributed by atoms with van der Waals surface area (Å²) in [5, 5.41) is 0. The zero-order chi connectivity index (χ0) is 19.3. The molecular formula is C21H24N2O3S. The van der Waals surface area contributed by atoms with Gasteiger partial charge < -0.3 is 4.90 Å². The highest BCUT2D eigenvalue weighted by Crippen LogP contribution is 2.14. The van der Waals surface area contributed by atoms with E-state index in [-0.39, 0.29) is 11.7 Å². The maximum absolute atomic E-state index is 12.6. The van der Waals surface area contributed by atoms with Gasteiger partial charge in [0.05, 0.1) is 5.75 Å². The monoisotopic (exact) mass is 384 g/mol. The topological polar surface area (TPSA) is 57.7 Å². The second-order valence-electron chi connectivity index (χ2n) is 6.71. The van der Waals surface area contributed by atoms with Crippen LogP contribution in [0, 0.1) is 6.92 Å². The van der Waals surface area contributed by atoms with E-state index in [4.69, 9.17) is 0 Å². The fourth-order valence-electron chi connectivity index (χ4n) is 3.11. The predicted molar refractivity (Wildman–Crippen MR) is 107 cm³/mol. The quantitative estimate of drug-likeness (QED) is 0.745. The summed E-state index contributed by atoms with van der Waals surface area (Å²) in [6.07, 6.45) is 3.36. The van der Waals surface area contributed by atoms with Crippen molar-refractivity contribution in [3.63, 3.8) is 0 Å². The first kappa shape index (κ1) is 19.3. The van der Waals surface area contributed by atoms with Crippen LogP contribution in [0.3, 0.4) is 0 Å². The first-order chi connectivity index (χ1) is 12.9. The Morgan fingerprint density at radius 2 is 1.70 bits per heavy atom. The van der Waals surface area contributed by atoms with E-state index in [0.717, 1.165) is 16.7 Å². The largest absolute Gasteiger partial charge is 0.337 e. The molecule has 0 aromatic heterocycles. The lowest BCUT2D eigenvalue weighted by Gasteiger charge is -2.33. The molecule has 0 unspecified atom stereocenters. The van der Waals surface area contributed by atoms with Gasteiger partial charge in [-0.1, -0.05) is 60.2 Å². The number of rotatable bonds is 5. The SMILES string of the molecule is Cc1cccc(C=CC(=O)N2CCN(S(=O)(=O)Cc3ccccc3)CC2)c1. The lowest BCUT2D eigenvalue weighted by atomic mass is 10.1. The third-order valence-corrected chi connectivity index (χ3v) is 6.45. The van der Waals surface area contributed by atoms with Crippen LogP contribution in [-0.2, 0) is 20.6 Å². The highest BCUT2D eigenvalue weighted by atomic mass is 32.2. The van der Waals surface area contributed by atoms with E-state index >= 15 is 0 Å². The average molecular weight is 385 g/mol. The Kier molecular flexibility index (Phi) is 6.08. The van der Waals surface area contributed by atoms with Gasteiger partial charge in [0, 0.05) is 32.3 Å². The van der Waals surface area contributed by atoms with E-state index < -0.39 is 10.0 Å². The van der Waals surface area contributed by atoms with Crippen LogP contribution in [-0.4, -0.2) is 49.7 Å². The molecule has 0 N–H and O–H groups in total. The fraction of sp³-hybridized carbons (Fsp3) is 0.286. The van der Waals surface area contributed by atoms with Crippen molar-refractivity contribution in [1.82, 2.24) is 9.21 Å². The van der Waals surface area contributed by atoms with Gasteiger partial charge in [0.25, 0.3) is 0 Å². The smallest absolute Gasteiger partial charge is 0.246 e. The number of amides is 1. The number of benzene rings is 2. The fourth-order valence-corrected chi connectivity index (χ4v) is 4.63. The van der Waals surface area contributed by atoms with E-state index in [1.54, 1.807) is 17.1 Å². The number of hydrogen-bond donors (Lipinski definition) is 0. The number of carbonyl (C=O) groups excluding carboxylic acids is 1. The summed E-state index contributed by atoms with van der Waals surface area (Å²) in [5.74, 6) is -0.0914. The van der Waals surface area contributed by atoms with Crippen LogP contribution in [0.15, 0.2) is 60.7 Å². The molecule has 6 heteroatoms. The summed E-state index contributed by atoms with van der Waals surface area (Å²) in [7, 11) is -3.37. The molecule has 0 radical (unpaired) electrons. The van der Waals surface area contributed by atoms with Gasteiger partial charge in [-0.3, -0.25) is 4.79 Å². The van der Waals surface area contributed by atoms with E-state index in [0.29, 0.717) is 26.2 Å². The van der Waals surface area contributed by atoms with E-state index in [2.05, 4.69) is 0 Å². The number of aryl methyl sites for hydroxylation is 1. The predicted octanol–water partition coefficient (Wildman–Crippen LogP) is 2.68. The van der Waals surface area contributed by atoms with Crippen molar-refractivity contribution < 1.29 is 13.2 Å². The normalized spacial score (nSPS) is 16.0. The van der Waals surface area contributed by atoms with Gasteiger partial charge in [-0.25, -0.2) is 8.42 Å².